The molecule has 0 radical (unpaired) electrons. The van der Waals surface area contributed by atoms with Gasteiger partial charge >= 0.3 is 5.97 Å². The van der Waals surface area contributed by atoms with Crippen LogP contribution in [0.15, 0.2) is 17.4 Å². The number of rotatable bonds is 7. The average Bonchev–Trinajstić information content (AvgIpc) is 2.20. The third kappa shape index (κ3) is 6.95. The highest BCUT2D eigenvalue weighted by Crippen LogP contribution is 2.13. The van der Waals surface area contributed by atoms with Crippen LogP contribution in [0.3, 0.4) is 0 Å². The first-order valence-electron chi connectivity index (χ1n) is 5.49. The third-order valence-corrected chi connectivity index (χ3v) is 2.25. The molecule has 0 aliphatic rings. The lowest BCUT2D eigenvalue weighted by atomic mass is 9.98. The maximum Gasteiger partial charge on any atom is 0.303 e. The van der Waals surface area contributed by atoms with Crippen molar-refractivity contribution in [3.8, 4) is 0 Å². The number of hydrogen-bond acceptors (Lipinski definition) is 2. The molecule has 0 saturated carbocycles. The first-order valence-corrected chi connectivity index (χ1v) is 5.49. The van der Waals surface area contributed by atoms with Gasteiger partial charge in [0.1, 0.15) is 0 Å². The van der Waals surface area contributed by atoms with Gasteiger partial charge < -0.3 is 10.8 Å². The van der Waals surface area contributed by atoms with E-state index in [0.717, 1.165) is 24.8 Å². The van der Waals surface area contributed by atoms with Crippen LogP contribution in [0.25, 0.3) is 0 Å². The first kappa shape index (κ1) is 13.9. The fraction of sp³-hybridized carbons (Fsp3) is 0.667. The SMILES string of the molecule is CC=C=C(CCCC)C(N)CCC(=O)O. The highest BCUT2D eigenvalue weighted by molar-refractivity contribution is 5.66. The Morgan fingerprint density at radius 1 is 1.53 bits per heavy atom. The highest BCUT2D eigenvalue weighted by atomic mass is 16.4. The lowest BCUT2D eigenvalue weighted by Crippen LogP contribution is -2.23. The summed E-state index contributed by atoms with van der Waals surface area (Å²) in [7, 11) is 0. The van der Waals surface area contributed by atoms with Gasteiger partial charge in [-0.15, -0.1) is 5.73 Å². The molecule has 0 saturated heterocycles. The maximum absolute atomic E-state index is 10.4. The Morgan fingerprint density at radius 3 is 2.67 bits per heavy atom. The normalized spacial score (nSPS) is 11.7. The van der Waals surface area contributed by atoms with Gasteiger partial charge in [0.05, 0.1) is 0 Å². The molecule has 0 aromatic heterocycles. The number of nitrogens with two attached hydrogens (primary N) is 1. The Kier molecular flexibility index (Phi) is 7.69. The molecule has 86 valence electrons. The smallest absolute Gasteiger partial charge is 0.303 e. The van der Waals surface area contributed by atoms with E-state index in [9.17, 15) is 4.79 Å². The lowest BCUT2D eigenvalue weighted by Gasteiger charge is -2.12. The molecule has 1 atom stereocenters. The molecule has 0 fully saturated rings. The summed E-state index contributed by atoms with van der Waals surface area (Å²) < 4.78 is 0. The molecule has 0 amide bonds. The second kappa shape index (κ2) is 8.27. The summed E-state index contributed by atoms with van der Waals surface area (Å²) in [6, 6.07) is -0.163. The van der Waals surface area contributed by atoms with Gasteiger partial charge in [-0.05, 0) is 37.8 Å². The number of aliphatic carboxylic acids is 1. The standard InChI is InChI=1S/C12H21NO2/c1-3-5-7-10(6-4-2)11(13)8-9-12(14)15/h4,11H,3,5,7-9,13H2,1-2H3,(H,14,15). The van der Waals surface area contributed by atoms with E-state index in [2.05, 4.69) is 12.7 Å². The topological polar surface area (TPSA) is 63.3 Å². The van der Waals surface area contributed by atoms with Gasteiger partial charge in [0.15, 0.2) is 0 Å². The molecule has 0 heterocycles. The molecule has 0 aromatic rings. The van der Waals surface area contributed by atoms with Gasteiger partial charge in [0, 0.05) is 12.5 Å². The minimum absolute atomic E-state index is 0.127. The van der Waals surface area contributed by atoms with Crippen LogP contribution in [0, 0.1) is 0 Å². The van der Waals surface area contributed by atoms with E-state index in [4.69, 9.17) is 10.8 Å². The van der Waals surface area contributed by atoms with E-state index < -0.39 is 5.97 Å². The molecule has 3 N–H and O–H groups in total. The zero-order valence-corrected chi connectivity index (χ0v) is 9.62. The molecule has 0 aliphatic carbocycles. The zero-order valence-electron chi connectivity index (χ0n) is 9.62. The fourth-order valence-corrected chi connectivity index (χ4v) is 1.37. The molecule has 3 nitrogen and oxygen atoms in total. The highest BCUT2D eigenvalue weighted by Gasteiger charge is 2.10. The van der Waals surface area contributed by atoms with Crippen molar-refractivity contribution < 1.29 is 9.90 Å². The van der Waals surface area contributed by atoms with Crippen LogP contribution >= 0.6 is 0 Å². The average molecular weight is 211 g/mol. The molecule has 1 unspecified atom stereocenters. The Labute approximate surface area is 91.7 Å². The van der Waals surface area contributed by atoms with Crippen molar-refractivity contribution >= 4 is 5.97 Å². The quantitative estimate of drug-likeness (QED) is 0.636. The molecule has 0 rings (SSSR count). The summed E-state index contributed by atoms with van der Waals surface area (Å²) >= 11 is 0. The van der Waals surface area contributed by atoms with Crippen molar-refractivity contribution in [3.63, 3.8) is 0 Å². The molecular formula is C12H21NO2. The van der Waals surface area contributed by atoms with Gasteiger partial charge in [0.2, 0.25) is 0 Å². The molecule has 0 bridgehead atoms. The Bertz CT molecular complexity index is 252. The molecule has 0 aliphatic heterocycles. The molecule has 0 aromatic carbocycles. The summed E-state index contributed by atoms with van der Waals surface area (Å²) in [6.07, 6.45) is 5.57. The fourth-order valence-electron chi connectivity index (χ4n) is 1.37. The van der Waals surface area contributed by atoms with Crippen LogP contribution in [0.2, 0.25) is 0 Å². The third-order valence-electron chi connectivity index (χ3n) is 2.25. The molecule has 15 heavy (non-hydrogen) atoms. The van der Waals surface area contributed by atoms with Crippen LogP contribution in [-0.4, -0.2) is 17.1 Å². The molecule has 0 spiro atoms. The van der Waals surface area contributed by atoms with E-state index in [1.54, 1.807) is 0 Å². The Morgan fingerprint density at radius 2 is 2.20 bits per heavy atom. The van der Waals surface area contributed by atoms with Crippen molar-refractivity contribution in [3.05, 3.63) is 17.4 Å². The number of hydrogen-bond donors (Lipinski definition) is 2. The van der Waals surface area contributed by atoms with E-state index in [1.165, 1.54) is 0 Å². The minimum Gasteiger partial charge on any atom is -0.481 e. The van der Waals surface area contributed by atoms with Crippen LogP contribution < -0.4 is 5.73 Å². The molecule has 3 heteroatoms. The van der Waals surface area contributed by atoms with E-state index in [-0.39, 0.29) is 12.5 Å². The van der Waals surface area contributed by atoms with Gasteiger partial charge in [-0.3, -0.25) is 4.79 Å². The summed E-state index contributed by atoms with van der Waals surface area (Å²) in [4.78, 5) is 10.4. The van der Waals surface area contributed by atoms with E-state index >= 15 is 0 Å². The van der Waals surface area contributed by atoms with Crippen LogP contribution in [0.4, 0.5) is 0 Å². The largest absolute Gasteiger partial charge is 0.481 e. The van der Waals surface area contributed by atoms with Gasteiger partial charge in [0.25, 0.3) is 0 Å². The van der Waals surface area contributed by atoms with Crippen molar-refractivity contribution in [2.75, 3.05) is 0 Å². The van der Waals surface area contributed by atoms with E-state index in [1.807, 2.05) is 13.0 Å². The summed E-state index contributed by atoms with van der Waals surface area (Å²) in [5.41, 5.74) is 10.1. The number of carbonyl (C=O) groups is 1. The zero-order chi connectivity index (χ0) is 11.7. The van der Waals surface area contributed by atoms with Gasteiger partial charge in [-0.25, -0.2) is 0 Å². The van der Waals surface area contributed by atoms with E-state index in [0.29, 0.717) is 6.42 Å². The summed E-state index contributed by atoms with van der Waals surface area (Å²) in [5.74, 6) is -0.791. The summed E-state index contributed by atoms with van der Waals surface area (Å²) in [5, 5.41) is 8.56. The predicted octanol–water partition coefficient (Wildman–Crippen LogP) is 2.47. The van der Waals surface area contributed by atoms with Gasteiger partial charge in [-0.1, -0.05) is 13.3 Å². The summed E-state index contributed by atoms with van der Waals surface area (Å²) in [6.45, 7) is 4.02. The van der Waals surface area contributed by atoms with Crippen molar-refractivity contribution in [1.82, 2.24) is 0 Å². The number of carboxylic acids is 1. The second-order valence-corrected chi connectivity index (χ2v) is 3.60. The van der Waals surface area contributed by atoms with Crippen LogP contribution in [0.1, 0.15) is 46.0 Å². The first-order chi connectivity index (χ1) is 7.11. The number of unbranched alkanes of at least 4 members (excludes halogenated alkanes) is 1. The van der Waals surface area contributed by atoms with Gasteiger partial charge in [-0.2, -0.15) is 0 Å². The Balaban J connectivity index is 4.23. The number of carboxylic acid groups (broad SMARTS) is 1. The monoisotopic (exact) mass is 211 g/mol. The second-order valence-electron chi connectivity index (χ2n) is 3.60. The molecular weight excluding hydrogens is 190 g/mol. The van der Waals surface area contributed by atoms with Crippen LogP contribution in [-0.2, 0) is 4.79 Å². The van der Waals surface area contributed by atoms with Crippen molar-refractivity contribution in [2.24, 2.45) is 5.73 Å². The maximum atomic E-state index is 10.4. The van der Waals surface area contributed by atoms with Crippen molar-refractivity contribution in [1.29, 1.82) is 0 Å². The van der Waals surface area contributed by atoms with Crippen molar-refractivity contribution in [2.45, 2.75) is 52.0 Å². The Hall–Kier alpha value is -1.05. The lowest BCUT2D eigenvalue weighted by molar-refractivity contribution is -0.137. The predicted molar refractivity (Wildman–Crippen MR) is 61.6 cm³/mol. The minimum atomic E-state index is -0.791. The van der Waals surface area contributed by atoms with Crippen LogP contribution in [0.5, 0.6) is 0 Å².